The Bertz CT molecular complexity index is 624. The number of fused-ring (bicyclic) bond motifs is 1. The van der Waals surface area contributed by atoms with E-state index in [4.69, 9.17) is 0 Å². The van der Waals surface area contributed by atoms with Crippen LogP contribution in [-0.4, -0.2) is 50.5 Å². The van der Waals surface area contributed by atoms with Crippen molar-refractivity contribution in [2.24, 2.45) is 0 Å². The number of aromatic amines is 1. The highest BCUT2D eigenvalue weighted by atomic mass is 16.1. The Kier molecular flexibility index (Phi) is 3.59. The molecule has 0 amide bonds. The minimum atomic E-state index is 0.273. The molecule has 1 aromatic carbocycles. The fraction of sp³-hybridized carbons (Fsp3) is 0.438. The first-order valence-electron chi connectivity index (χ1n) is 7.40. The smallest absolute Gasteiger partial charge is 0.219 e. The first kappa shape index (κ1) is 13.3. The van der Waals surface area contributed by atoms with Gasteiger partial charge in [-0.3, -0.25) is 4.79 Å². The fourth-order valence-corrected chi connectivity index (χ4v) is 3.16. The maximum Gasteiger partial charge on any atom is 0.219 e. The summed E-state index contributed by atoms with van der Waals surface area (Å²) in [5.74, 6) is 0.273. The van der Waals surface area contributed by atoms with Gasteiger partial charge >= 0.3 is 0 Å². The number of nitrogens with one attached hydrogen (secondary N) is 3. The lowest BCUT2D eigenvalue weighted by Crippen LogP contribution is -3.27. The second kappa shape index (κ2) is 5.38. The quantitative estimate of drug-likeness (QED) is 0.622. The summed E-state index contributed by atoms with van der Waals surface area (Å²) in [6.07, 6.45) is 0. The lowest BCUT2D eigenvalue weighted by atomic mass is 10.1. The van der Waals surface area contributed by atoms with E-state index in [0.717, 1.165) is 48.3 Å². The van der Waals surface area contributed by atoms with E-state index >= 15 is 0 Å². The highest BCUT2D eigenvalue weighted by Crippen LogP contribution is 2.21. The molecular formula is C16H23N3O+2. The van der Waals surface area contributed by atoms with Crippen molar-refractivity contribution in [3.05, 3.63) is 35.5 Å². The molecule has 0 bridgehead atoms. The van der Waals surface area contributed by atoms with Crippen LogP contribution in [0.2, 0.25) is 0 Å². The Hall–Kier alpha value is -1.65. The van der Waals surface area contributed by atoms with Gasteiger partial charge in [0.15, 0.2) is 0 Å². The minimum absolute atomic E-state index is 0.273. The number of Topliss-reactive ketones (excluding diaryl/α,β-unsaturated/α-hetero) is 1. The van der Waals surface area contributed by atoms with Gasteiger partial charge in [0.2, 0.25) is 5.78 Å². The van der Waals surface area contributed by atoms with Crippen LogP contribution >= 0.6 is 0 Å². The van der Waals surface area contributed by atoms with Gasteiger partial charge in [-0.15, -0.1) is 0 Å². The summed E-state index contributed by atoms with van der Waals surface area (Å²) in [5, 5.41) is 1.06. The Morgan fingerprint density at radius 3 is 2.65 bits per heavy atom. The number of carbonyl (C=O) groups excluding carboxylic acids is 1. The highest BCUT2D eigenvalue weighted by molar-refractivity contribution is 6.09. The molecule has 0 spiro atoms. The third-order valence-corrected chi connectivity index (χ3v) is 4.39. The molecule has 1 fully saturated rings. The van der Waals surface area contributed by atoms with E-state index in [1.165, 1.54) is 4.90 Å². The molecule has 4 nitrogen and oxygen atoms in total. The number of hydrogen-bond acceptors (Lipinski definition) is 1. The number of aryl methyl sites for hydroxylation is 1. The second-order valence-corrected chi connectivity index (χ2v) is 5.98. The average Bonchev–Trinajstić information content (AvgIpc) is 2.77. The molecule has 0 atom stereocenters. The van der Waals surface area contributed by atoms with E-state index in [0.29, 0.717) is 6.54 Å². The van der Waals surface area contributed by atoms with Crippen molar-refractivity contribution in [2.75, 3.05) is 39.8 Å². The SMILES string of the molecule is Cc1[nH]c2ccccc2c1C(=O)C[NH+]1CC[NH+](C)CC1. The molecule has 4 heteroatoms. The van der Waals surface area contributed by atoms with Crippen LogP contribution in [0.15, 0.2) is 24.3 Å². The molecule has 106 valence electrons. The minimum Gasteiger partial charge on any atom is -0.358 e. The maximum atomic E-state index is 12.6. The third-order valence-electron chi connectivity index (χ3n) is 4.39. The van der Waals surface area contributed by atoms with Gasteiger partial charge in [-0.1, -0.05) is 18.2 Å². The first-order valence-corrected chi connectivity index (χ1v) is 7.40. The van der Waals surface area contributed by atoms with Crippen LogP contribution < -0.4 is 9.80 Å². The van der Waals surface area contributed by atoms with Gasteiger partial charge < -0.3 is 14.8 Å². The molecule has 1 saturated heterocycles. The number of para-hydroxylation sites is 1. The molecule has 20 heavy (non-hydrogen) atoms. The lowest BCUT2D eigenvalue weighted by Gasteiger charge is -2.26. The van der Waals surface area contributed by atoms with E-state index < -0.39 is 0 Å². The number of piperazine rings is 1. The Balaban J connectivity index is 1.80. The molecule has 0 radical (unpaired) electrons. The first-order chi connectivity index (χ1) is 9.65. The molecule has 3 rings (SSSR count). The lowest BCUT2D eigenvalue weighted by molar-refractivity contribution is -0.999. The summed E-state index contributed by atoms with van der Waals surface area (Å²) in [7, 11) is 2.22. The third kappa shape index (κ3) is 2.49. The van der Waals surface area contributed by atoms with Gasteiger partial charge in [-0.2, -0.15) is 0 Å². The number of carbonyl (C=O) groups is 1. The number of hydrogen-bond donors (Lipinski definition) is 3. The predicted molar refractivity (Wildman–Crippen MR) is 79.6 cm³/mol. The van der Waals surface area contributed by atoms with Gasteiger partial charge in [0.25, 0.3) is 0 Å². The summed E-state index contributed by atoms with van der Waals surface area (Å²) >= 11 is 0. The zero-order valence-corrected chi connectivity index (χ0v) is 12.3. The largest absolute Gasteiger partial charge is 0.358 e. The number of likely N-dealkylation sites (N-methyl/N-ethyl adjacent to an activating group) is 1. The molecular weight excluding hydrogens is 250 g/mol. The number of rotatable bonds is 3. The van der Waals surface area contributed by atoms with Crippen molar-refractivity contribution in [1.82, 2.24) is 4.98 Å². The summed E-state index contributed by atoms with van der Waals surface area (Å²) < 4.78 is 0. The summed E-state index contributed by atoms with van der Waals surface area (Å²) in [6, 6.07) is 8.07. The van der Waals surface area contributed by atoms with E-state index in [9.17, 15) is 4.79 Å². The molecule has 1 aromatic heterocycles. The predicted octanol–water partition coefficient (Wildman–Crippen LogP) is -0.928. The van der Waals surface area contributed by atoms with Crippen molar-refractivity contribution in [3.8, 4) is 0 Å². The molecule has 0 unspecified atom stereocenters. The van der Waals surface area contributed by atoms with Crippen LogP contribution in [-0.2, 0) is 0 Å². The number of quaternary nitrogens is 2. The number of H-pyrrole nitrogens is 1. The molecule has 2 aromatic rings. The molecule has 3 N–H and O–H groups in total. The van der Waals surface area contributed by atoms with Crippen molar-refractivity contribution < 1.29 is 14.6 Å². The van der Waals surface area contributed by atoms with Gasteiger partial charge in [-0.05, 0) is 13.0 Å². The van der Waals surface area contributed by atoms with Crippen LogP contribution in [0.1, 0.15) is 16.1 Å². The van der Waals surface area contributed by atoms with Crippen molar-refractivity contribution in [3.63, 3.8) is 0 Å². The summed E-state index contributed by atoms with van der Waals surface area (Å²) in [5.41, 5.74) is 2.95. The van der Waals surface area contributed by atoms with Crippen molar-refractivity contribution >= 4 is 16.7 Å². The number of ketones is 1. The van der Waals surface area contributed by atoms with E-state index in [1.54, 1.807) is 4.90 Å². The Morgan fingerprint density at radius 2 is 1.90 bits per heavy atom. The van der Waals surface area contributed by atoms with Crippen LogP contribution in [0, 0.1) is 6.92 Å². The van der Waals surface area contributed by atoms with Gasteiger partial charge in [0, 0.05) is 16.6 Å². The molecule has 0 aliphatic carbocycles. The fourth-order valence-electron chi connectivity index (χ4n) is 3.16. The highest BCUT2D eigenvalue weighted by Gasteiger charge is 2.25. The van der Waals surface area contributed by atoms with E-state index in [2.05, 4.69) is 12.0 Å². The van der Waals surface area contributed by atoms with Crippen LogP contribution in [0.3, 0.4) is 0 Å². The standard InChI is InChI=1S/C16H21N3O/c1-12-16(13-5-3-4-6-14(13)17-12)15(20)11-19-9-7-18(2)8-10-19/h3-6,17H,7-11H2,1-2H3/p+2. The van der Waals surface area contributed by atoms with Crippen LogP contribution in [0.4, 0.5) is 0 Å². The van der Waals surface area contributed by atoms with Crippen molar-refractivity contribution in [2.45, 2.75) is 6.92 Å². The topological polar surface area (TPSA) is 41.7 Å². The maximum absolute atomic E-state index is 12.6. The van der Waals surface area contributed by atoms with Gasteiger partial charge in [-0.25, -0.2) is 0 Å². The Morgan fingerprint density at radius 1 is 1.20 bits per heavy atom. The molecule has 0 saturated carbocycles. The van der Waals surface area contributed by atoms with Crippen LogP contribution in [0.5, 0.6) is 0 Å². The Labute approximate surface area is 119 Å². The average molecular weight is 273 g/mol. The second-order valence-electron chi connectivity index (χ2n) is 5.98. The number of aromatic nitrogens is 1. The van der Waals surface area contributed by atoms with Gasteiger partial charge in [0.05, 0.1) is 12.6 Å². The molecule has 2 heterocycles. The van der Waals surface area contributed by atoms with Gasteiger partial charge in [0.1, 0.15) is 32.7 Å². The normalized spacial score (nSPS) is 23.1. The zero-order chi connectivity index (χ0) is 14.1. The van der Waals surface area contributed by atoms with E-state index in [-0.39, 0.29) is 5.78 Å². The zero-order valence-electron chi connectivity index (χ0n) is 12.3. The molecule has 1 aliphatic heterocycles. The van der Waals surface area contributed by atoms with Crippen molar-refractivity contribution in [1.29, 1.82) is 0 Å². The summed E-state index contributed by atoms with van der Waals surface area (Å²) in [4.78, 5) is 19.0. The number of benzene rings is 1. The van der Waals surface area contributed by atoms with E-state index in [1.807, 2.05) is 31.2 Å². The monoisotopic (exact) mass is 273 g/mol. The molecule has 1 aliphatic rings. The van der Waals surface area contributed by atoms with Crippen LogP contribution in [0.25, 0.3) is 10.9 Å². The summed E-state index contributed by atoms with van der Waals surface area (Å²) in [6.45, 7) is 7.13.